The van der Waals surface area contributed by atoms with E-state index in [-0.39, 0.29) is 11.5 Å². The van der Waals surface area contributed by atoms with Gasteiger partial charge in [-0.3, -0.25) is 10.1 Å². The number of benzene rings is 1. The molecule has 18 heavy (non-hydrogen) atoms. The van der Waals surface area contributed by atoms with Crippen molar-refractivity contribution in [1.29, 1.82) is 5.26 Å². The van der Waals surface area contributed by atoms with Gasteiger partial charge < -0.3 is 0 Å². The summed E-state index contributed by atoms with van der Waals surface area (Å²) in [4.78, 5) is 14.1. The third kappa shape index (κ3) is 2.08. The lowest BCUT2D eigenvalue weighted by Crippen LogP contribution is -2.00. The Morgan fingerprint density at radius 3 is 2.83 bits per heavy atom. The van der Waals surface area contributed by atoms with Gasteiger partial charge in [-0.2, -0.15) is 5.26 Å². The molecule has 0 radical (unpaired) electrons. The van der Waals surface area contributed by atoms with Crippen molar-refractivity contribution in [3.63, 3.8) is 0 Å². The van der Waals surface area contributed by atoms with Crippen LogP contribution >= 0.6 is 15.9 Å². The van der Waals surface area contributed by atoms with E-state index in [1.54, 1.807) is 13.0 Å². The first-order valence-corrected chi connectivity index (χ1v) is 5.59. The summed E-state index contributed by atoms with van der Waals surface area (Å²) in [6.07, 6.45) is 1.38. The smallest absolute Gasteiger partial charge is 0.258 e. The quantitative estimate of drug-likeness (QED) is 0.625. The Morgan fingerprint density at radius 2 is 2.28 bits per heavy atom. The van der Waals surface area contributed by atoms with Crippen molar-refractivity contribution in [3.8, 4) is 11.8 Å². The number of aryl methyl sites for hydroxylation is 1. The molecule has 0 spiro atoms. The number of hydrogen-bond acceptors (Lipinski definition) is 5. The fraction of sp³-hybridized carbons (Fsp3) is 0.100. The molecule has 2 aromatic rings. The second-order valence-electron chi connectivity index (χ2n) is 3.47. The van der Waals surface area contributed by atoms with E-state index in [9.17, 15) is 10.1 Å². The molecule has 0 N–H and O–H groups in total. The molecule has 90 valence electrons. The Hall–Kier alpha value is -2.27. The molecule has 0 fully saturated rings. The molecular formula is C10H6BrN5O2. The minimum absolute atomic E-state index is 0.0197. The van der Waals surface area contributed by atoms with E-state index >= 15 is 0 Å². The summed E-state index contributed by atoms with van der Waals surface area (Å²) in [7, 11) is 0. The minimum Gasteiger partial charge on any atom is -0.258 e. The molecule has 0 saturated carbocycles. The van der Waals surface area contributed by atoms with E-state index in [1.165, 1.54) is 17.1 Å². The summed E-state index contributed by atoms with van der Waals surface area (Å²) in [5, 5.41) is 23.3. The zero-order chi connectivity index (χ0) is 13.3. The van der Waals surface area contributed by atoms with E-state index in [0.29, 0.717) is 15.7 Å². The van der Waals surface area contributed by atoms with Crippen molar-refractivity contribution < 1.29 is 4.92 Å². The predicted octanol–water partition coefficient (Wildman–Crippen LogP) is 2.12. The molecule has 0 saturated heterocycles. The van der Waals surface area contributed by atoms with Crippen LogP contribution in [0.3, 0.4) is 0 Å². The topological polar surface area (TPSA) is 97.6 Å². The molecule has 0 aliphatic carbocycles. The third-order valence-corrected chi connectivity index (χ3v) is 2.94. The molecular weight excluding hydrogens is 302 g/mol. The van der Waals surface area contributed by atoms with Crippen LogP contribution in [0.25, 0.3) is 5.69 Å². The number of nitro benzene ring substituents is 1. The molecule has 1 aromatic carbocycles. The Labute approximate surface area is 110 Å². The second-order valence-corrected chi connectivity index (χ2v) is 4.33. The highest BCUT2D eigenvalue weighted by molar-refractivity contribution is 9.10. The van der Waals surface area contributed by atoms with Crippen molar-refractivity contribution in [2.45, 2.75) is 6.92 Å². The van der Waals surface area contributed by atoms with Gasteiger partial charge in [-0.05, 0) is 28.9 Å². The van der Waals surface area contributed by atoms with Gasteiger partial charge in [0.15, 0.2) is 0 Å². The first-order valence-electron chi connectivity index (χ1n) is 4.79. The van der Waals surface area contributed by atoms with Gasteiger partial charge >= 0.3 is 0 Å². The lowest BCUT2D eigenvalue weighted by atomic mass is 10.2. The van der Waals surface area contributed by atoms with E-state index in [4.69, 9.17) is 5.26 Å². The highest BCUT2D eigenvalue weighted by Gasteiger charge is 2.15. The average Bonchev–Trinajstić information content (AvgIpc) is 2.79. The van der Waals surface area contributed by atoms with Crippen molar-refractivity contribution in [1.82, 2.24) is 14.8 Å². The highest BCUT2D eigenvalue weighted by atomic mass is 79.9. The maximum Gasteiger partial charge on any atom is 0.273 e. The lowest BCUT2D eigenvalue weighted by molar-refractivity contribution is -0.385. The van der Waals surface area contributed by atoms with Crippen LogP contribution in [-0.2, 0) is 0 Å². The summed E-state index contributed by atoms with van der Waals surface area (Å²) < 4.78 is 1.90. The molecule has 8 heteroatoms. The third-order valence-electron chi connectivity index (χ3n) is 2.30. The van der Waals surface area contributed by atoms with Crippen molar-refractivity contribution in [2.24, 2.45) is 0 Å². The average molecular weight is 308 g/mol. The Morgan fingerprint density at radius 1 is 1.56 bits per heavy atom. The van der Waals surface area contributed by atoms with Crippen LogP contribution in [-0.4, -0.2) is 19.7 Å². The molecule has 0 amide bonds. The Kier molecular flexibility index (Phi) is 3.08. The standard InChI is InChI=1S/C10H6BrN5O2/c1-6-2-9(7(11)3-8(6)16(17)18)15-5-13-10(4-12)14-15/h2-3,5H,1H3. The summed E-state index contributed by atoms with van der Waals surface area (Å²) in [6.45, 7) is 1.64. The van der Waals surface area contributed by atoms with Crippen LogP contribution in [0.4, 0.5) is 5.69 Å². The predicted molar refractivity (Wildman–Crippen MR) is 65.2 cm³/mol. The summed E-state index contributed by atoms with van der Waals surface area (Å²) in [5.41, 5.74) is 1.12. The van der Waals surface area contributed by atoms with Gasteiger partial charge in [0.05, 0.1) is 15.1 Å². The SMILES string of the molecule is Cc1cc(-n2cnc(C#N)n2)c(Br)cc1[N+](=O)[O-]. The number of hydrogen-bond donors (Lipinski definition) is 0. The Bertz CT molecular complexity index is 673. The van der Waals surface area contributed by atoms with E-state index in [0.717, 1.165) is 0 Å². The molecule has 0 aliphatic heterocycles. The van der Waals surface area contributed by atoms with E-state index in [2.05, 4.69) is 26.0 Å². The number of nitriles is 1. The second kappa shape index (κ2) is 4.54. The van der Waals surface area contributed by atoms with Crippen LogP contribution in [0.15, 0.2) is 22.9 Å². The zero-order valence-electron chi connectivity index (χ0n) is 9.16. The number of nitrogens with zero attached hydrogens (tertiary/aromatic N) is 5. The van der Waals surface area contributed by atoms with E-state index < -0.39 is 4.92 Å². The maximum atomic E-state index is 10.8. The Balaban J connectivity index is 2.56. The summed E-state index contributed by atoms with van der Waals surface area (Å²) in [5.74, 6) is 0.0397. The van der Waals surface area contributed by atoms with Gasteiger partial charge in [0, 0.05) is 11.6 Å². The minimum atomic E-state index is -0.452. The summed E-state index contributed by atoms with van der Waals surface area (Å²) >= 11 is 3.24. The zero-order valence-corrected chi connectivity index (χ0v) is 10.7. The number of rotatable bonds is 2. The van der Waals surface area contributed by atoms with E-state index in [1.807, 2.05) is 6.07 Å². The van der Waals surface area contributed by atoms with Gasteiger partial charge in [-0.1, -0.05) is 0 Å². The molecule has 0 aliphatic rings. The van der Waals surface area contributed by atoms with Crippen LogP contribution in [0, 0.1) is 28.4 Å². The molecule has 7 nitrogen and oxygen atoms in total. The molecule has 2 rings (SSSR count). The molecule has 1 aromatic heterocycles. The van der Waals surface area contributed by atoms with Gasteiger partial charge in [-0.15, -0.1) is 5.10 Å². The number of halogens is 1. The van der Waals surface area contributed by atoms with Gasteiger partial charge in [-0.25, -0.2) is 9.67 Å². The van der Waals surface area contributed by atoms with Crippen molar-refractivity contribution >= 4 is 21.6 Å². The van der Waals surface area contributed by atoms with Crippen LogP contribution in [0.2, 0.25) is 0 Å². The van der Waals surface area contributed by atoms with Crippen molar-refractivity contribution in [2.75, 3.05) is 0 Å². The molecule has 0 unspecified atom stereocenters. The fourth-order valence-corrected chi connectivity index (χ4v) is 1.97. The fourth-order valence-electron chi connectivity index (χ4n) is 1.46. The monoisotopic (exact) mass is 307 g/mol. The number of nitro groups is 1. The van der Waals surface area contributed by atoms with Gasteiger partial charge in [0.2, 0.25) is 0 Å². The van der Waals surface area contributed by atoms with Crippen molar-refractivity contribution in [3.05, 3.63) is 44.4 Å². The first-order chi connectivity index (χ1) is 8.52. The largest absolute Gasteiger partial charge is 0.273 e. The van der Waals surface area contributed by atoms with Crippen LogP contribution in [0.1, 0.15) is 11.4 Å². The molecule has 1 heterocycles. The van der Waals surface area contributed by atoms with Crippen LogP contribution in [0.5, 0.6) is 0 Å². The van der Waals surface area contributed by atoms with Gasteiger partial charge in [0.25, 0.3) is 11.5 Å². The number of aromatic nitrogens is 3. The maximum absolute atomic E-state index is 10.8. The van der Waals surface area contributed by atoms with Gasteiger partial charge in [0.1, 0.15) is 12.4 Å². The highest BCUT2D eigenvalue weighted by Crippen LogP contribution is 2.28. The lowest BCUT2D eigenvalue weighted by Gasteiger charge is -2.05. The summed E-state index contributed by atoms with van der Waals surface area (Å²) in [6, 6.07) is 4.82. The molecule has 0 atom stereocenters. The molecule has 0 bridgehead atoms. The first kappa shape index (κ1) is 12.2. The van der Waals surface area contributed by atoms with Crippen LogP contribution < -0.4 is 0 Å². The normalized spacial score (nSPS) is 10.1.